The highest BCUT2D eigenvalue weighted by molar-refractivity contribution is 6.76. The molecule has 2 atom stereocenters. The van der Waals surface area contributed by atoms with Crippen molar-refractivity contribution in [3.8, 4) is 0 Å². The number of rotatable bonds is 8. The van der Waals surface area contributed by atoms with Crippen LogP contribution in [0.4, 0.5) is 5.69 Å². The number of fused-ring (bicyclic) bond motifs is 1. The van der Waals surface area contributed by atoms with Gasteiger partial charge in [-0.3, -0.25) is 4.79 Å². The maximum absolute atomic E-state index is 12.5. The predicted octanol–water partition coefficient (Wildman–Crippen LogP) is 4.33. The summed E-state index contributed by atoms with van der Waals surface area (Å²) in [7, 11) is 2.24. The van der Waals surface area contributed by atoms with Crippen molar-refractivity contribution in [2.75, 3.05) is 25.7 Å². The molecular formula is C23H35N3O4Si. The average Bonchev–Trinajstić information content (AvgIpc) is 3.11. The molecule has 8 heteroatoms. The molecule has 0 amide bonds. The first-order chi connectivity index (χ1) is 14.6. The minimum atomic E-state index is -1.14. The molecule has 1 fully saturated rings. The first kappa shape index (κ1) is 23.5. The SMILES string of the molecule is COC(=O)c1cnc2c(ccn2COCC[Si](C)(C)C)c1N(C)C1CCC(=O)CC1C. The molecule has 3 rings (SSSR count). The van der Waals surface area contributed by atoms with Gasteiger partial charge in [0.05, 0.1) is 12.8 Å². The summed E-state index contributed by atoms with van der Waals surface area (Å²) in [6.45, 7) is 10.3. The Morgan fingerprint density at radius 2 is 2.10 bits per heavy atom. The van der Waals surface area contributed by atoms with Crippen LogP contribution in [0.3, 0.4) is 0 Å². The molecule has 1 aliphatic rings. The van der Waals surface area contributed by atoms with Gasteiger partial charge in [0.2, 0.25) is 0 Å². The number of aromatic nitrogens is 2. The van der Waals surface area contributed by atoms with E-state index in [1.807, 2.05) is 23.9 Å². The van der Waals surface area contributed by atoms with Gasteiger partial charge in [0.25, 0.3) is 0 Å². The number of carbonyl (C=O) groups excluding carboxylic acids is 2. The molecule has 0 bridgehead atoms. The van der Waals surface area contributed by atoms with E-state index in [9.17, 15) is 9.59 Å². The topological polar surface area (TPSA) is 73.7 Å². The fraction of sp³-hybridized carbons (Fsp3) is 0.609. The minimum Gasteiger partial charge on any atom is -0.465 e. The van der Waals surface area contributed by atoms with Crippen LogP contribution in [0, 0.1) is 5.92 Å². The third kappa shape index (κ3) is 5.36. The fourth-order valence-corrected chi connectivity index (χ4v) is 5.10. The normalized spacial score (nSPS) is 19.6. The van der Waals surface area contributed by atoms with Gasteiger partial charge in [-0.05, 0) is 24.4 Å². The summed E-state index contributed by atoms with van der Waals surface area (Å²) in [5, 5.41) is 0.892. The van der Waals surface area contributed by atoms with E-state index in [-0.39, 0.29) is 12.0 Å². The fourth-order valence-electron chi connectivity index (χ4n) is 4.34. The number of anilines is 1. The average molecular weight is 446 g/mol. The summed E-state index contributed by atoms with van der Waals surface area (Å²) >= 11 is 0. The molecule has 0 N–H and O–H groups in total. The Morgan fingerprint density at radius 1 is 1.35 bits per heavy atom. The van der Waals surface area contributed by atoms with Crippen LogP contribution in [0.25, 0.3) is 11.0 Å². The van der Waals surface area contributed by atoms with Crippen LogP contribution in [-0.2, 0) is 21.0 Å². The quantitative estimate of drug-likeness (QED) is 0.342. The molecule has 0 radical (unpaired) electrons. The predicted molar refractivity (Wildman–Crippen MR) is 125 cm³/mol. The molecule has 2 unspecified atom stereocenters. The molecule has 0 spiro atoms. The summed E-state index contributed by atoms with van der Waals surface area (Å²) in [4.78, 5) is 31.1. The highest BCUT2D eigenvalue weighted by Crippen LogP contribution is 2.36. The van der Waals surface area contributed by atoms with Crippen LogP contribution in [0.5, 0.6) is 0 Å². The Labute approximate surface area is 185 Å². The largest absolute Gasteiger partial charge is 0.465 e. The van der Waals surface area contributed by atoms with Gasteiger partial charge in [-0.15, -0.1) is 0 Å². The molecule has 1 aliphatic carbocycles. The van der Waals surface area contributed by atoms with Crippen molar-refractivity contribution in [1.82, 2.24) is 9.55 Å². The molecule has 7 nitrogen and oxygen atoms in total. The van der Waals surface area contributed by atoms with Crippen molar-refractivity contribution < 1.29 is 19.1 Å². The first-order valence-corrected chi connectivity index (χ1v) is 14.7. The molecule has 2 aromatic heterocycles. The van der Waals surface area contributed by atoms with Crippen molar-refractivity contribution in [2.45, 2.75) is 64.6 Å². The van der Waals surface area contributed by atoms with Crippen LogP contribution in [0.2, 0.25) is 25.7 Å². The van der Waals surface area contributed by atoms with Gasteiger partial charge >= 0.3 is 5.97 Å². The molecular weight excluding hydrogens is 410 g/mol. The maximum Gasteiger partial charge on any atom is 0.341 e. The number of esters is 1. The number of pyridine rings is 1. The van der Waals surface area contributed by atoms with E-state index >= 15 is 0 Å². The lowest BCUT2D eigenvalue weighted by atomic mass is 9.84. The van der Waals surface area contributed by atoms with Crippen LogP contribution >= 0.6 is 0 Å². The Hall–Kier alpha value is -2.19. The van der Waals surface area contributed by atoms with E-state index in [2.05, 4.69) is 36.4 Å². The van der Waals surface area contributed by atoms with Crippen molar-refractivity contribution >= 4 is 36.5 Å². The zero-order valence-electron chi connectivity index (χ0n) is 19.6. The first-order valence-electron chi connectivity index (χ1n) is 11.0. The molecule has 0 saturated heterocycles. The zero-order chi connectivity index (χ0) is 22.8. The van der Waals surface area contributed by atoms with E-state index in [1.54, 1.807) is 6.20 Å². The molecule has 2 aromatic rings. The number of methoxy groups -OCH3 is 1. The third-order valence-electron chi connectivity index (χ3n) is 6.17. The number of ether oxygens (including phenoxy) is 2. The number of hydrogen-bond acceptors (Lipinski definition) is 6. The van der Waals surface area contributed by atoms with Gasteiger partial charge in [0.15, 0.2) is 0 Å². The van der Waals surface area contributed by atoms with Crippen LogP contribution in [0.1, 0.15) is 36.5 Å². The number of Topliss-reactive ketones (excluding diaryl/α,β-unsaturated/α-hetero) is 1. The lowest BCUT2D eigenvalue weighted by Crippen LogP contribution is -2.41. The second-order valence-electron chi connectivity index (χ2n) is 9.82. The summed E-state index contributed by atoms with van der Waals surface area (Å²) in [6, 6.07) is 3.27. The Balaban J connectivity index is 1.93. The lowest BCUT2D eigenvalue weighted by Gasteiger charge is -2.38. The summed E-state index contributed by atoms with van der Waals surface area (Å²) in [6.07, 6.45) is 5.48. The number of ketones is 1. The van der Waals surface area contributed by atoms with Gasteiger partial charge in [-0.1, -0.05) is 26.6 Å². The Morgan fingerprint density at radius 3 is 2.74 bits per heavy atom. The molecule has 2 heterocycles. The van der Waals surface area contributed by atoms with Gasteiger partial charge in [-0.2, -0.15) is 0 Å². The summed E-state index contributed by atoms with van der Waals surface area (Å²) in [5.74, 6) is 0.119. The molecule has 0 aliphatic heterocycles. The highest BCUT2D eigenvalue weighted by Gasteiger charge is 2.32. The van der Waals surface area contributed by atoms with E-state index in [1.165, 1.54) is 7.11 Å². The van der Waals surface area contributed by atoms with Crippen LogP contribution in [-0.4, -0.2) is 56.2 Å². The van der Waals surface area contributed by atoms with Crippen LogP contribution in [0.15, 0.2) is 18.5 Å². The zero-order valence-corrected chi connectivity index (χ0v) is 20.6. The third-order valence-corrected chi connectivity index (χ3v) is 7.87. The second-order valence-corrected chi connectivity index (χ2v) is 15.4. The lowest BCUT2D eigenvalue weighted by molar-refractivity contribution is -0.121. The van der Waals surface area contributed by atoms with E-state index in [4.69, 9.17) is 9.47 Å². The maximum atomic E-state index is 12.5. The number of carbonyl (C=O) groups is 2. The minimum absolute atomic E-state index is 0.169. The summed E-state index contributed by atoms with van der Waals surface area (Å²) in [5.41, 5.74) is 2.03. The molecule has 0 aromatic carbocycles. The van der Waals surface area contributed by atoms with E-state index < -0.39 is 14.0 Å². The van der Waals surface area contributed by atoms with Crippen LogP contribution < -0.4 is 4.90 Å². The van der Waals surface area contributed by atoms with E-state index in [0.717, 1.165) is 35.8 Å². The van der Waals surface area contributed by atoms with Crippen molar-refractivity contribution in [2.24, 2.45) is 5.92 Å². The van der Waals surface area contributed by atoms with Crippen molar-refractivity contribution in [1.29, 1.82) is 0 Å². The van der Waals surface area contributed by atoms with Crippen molar-refractivity contribution in [3.05, 3.63) is 24.0 Å². The van der Waals surface area contributed by atoms with Gasteiger partial charge < -0.3 is 18.9 Å². The Bertz CT molecular complexity index is 950. The Kier molecular flexibility index (Phi) is 7.21. The van der Waals surface area contributed by atoms with Gasteiger partial charge in [0, 0.05) is 58.4 Å². The van der Waals surface area contributed by atoms with Gasteiger partial charge in [-0.25, -0.2) is 9.78 Å². The van der Waals surface area contributed by atoms with Crippen molar-refractivity contribution in [3.63, 3.8) is 0 Å². The second kappa shape index (κ2) is 9.52. The number of nitrogens with zero attached hydrogens (tertiary/aromatic N) is 3. The highest BCUT2D eigenvalue weighted by atomic mass is 28.3. The molecule has 31 heavy (non-hydrogen) atoms. The standard InChI is InChI=1S/C23H35N3O4Si/c1-16-13-17(27)7-8-20(16)25(2)21-18-9-10-26(15-30-11-12-31(4,5)6)22(18)24-14-19(21)23(28)29-3/h9-10,14,16,20H,7-8,11-13,15H2,1-6H3. The monoisotopic (exact) mass is 445 g/mol. The van der Waals surface area contributed by atoms with E-state index in [0.29, 0.717) is 30.9 Å². The van der Waals surface area contributed by atoms with Gasteiger partial charge in [0.1, 0.15) is 23.7 Å². The smallest absolute Gasteiger partial charge is 0.341 e. The molecule has 170 valence electrons. The number of hydrogen-bond donors (Lipinski definition) is 0. The molecule has 1 saturated carbocycles. The summed E-state index contributed by atoms with van der Waals surface area (Å²) < 4.78 is 12.9.